The van der Waals surface area contributed by atoms with E-state index in [0.29, 0.717) is 11.5 Å². The van der Waals surface area contributed by atoms with Crippen LogP contribution >= 0.6 is 8.25 Å². The molecule has 0 N–H and O–H groups in total. The maximum absolute atomic E-state index is 11.6. The Balaban J connectivity index is 1.96. The molecule has 2 rings (SSSR count). The first-order chi connectivity index (χ1) is 8.24. The van der Waals surface area contributed by atoms with Crippen molar-refractivity contribution in [3.8, 4) is 11.5 Å². The van der Waals surface area contributed by atoms with Crippen molar-refractivity contribution in [2.45, 2.75) is 6.92 Å². The van der Waals surface area contributed by atoms with E-state index in [1.165, 1.54) is 0 Å². The Morgan fingerprint density at radius 2 is 1.35 bits per heavy atom. The summed E-state index contributed by atoms with van der Waals surface area (Å²) in [6.45, 7) is 1.98. The first-order valence-electron chi connectivity index (χ1n) is 5.19. The van der Waals surface area contributed by atoms with Gasteiger partial charge in [0.25, 0.3) is 0 Å². The molecule has 0 fully saturated rings. The van der Waals surface area contributed by atoms with Crippen LogP contribution in [-0.2, 0) is 4.57 Å². The summed E-state index contributed by atoms with van der Waals surface area (Å²) in [5.41, 5.74) is 1.12. The molecule has 1 unspecified atom stereocenters. The van der Waals surface area contributed by atoms with Gasteiger partial charge in [-0.25, -0.2) is 9.05 Å². The van der Waals surface area contributed by atoms with Gasteiger partial charge in [0.1, 0.15) is 0 Å². The molecule has 0 saturated carbocycles. The highest BCUT2D eigenvalue weighted by atomic mass is 31.1. The van der Waals surface area contributed by atoms with Crippen molar-refractivity contribution in [1.82, 2.24) is 0 Å². The van der Waals surface area contributed by atoms with E-state index in [1.54, 1.807) is 24.3 Å². The molecule has 0 aliphatic rings. The van der Waals surface area contributed by atoms with Gasteiger partial charge in [0.15, 0.2) is 11.5 Å². The summed E-state index contributed by atoms with van der Waals surface area (Å²) in [4.78, 5) is 0. The minimum Gasteiger partial charge on any atom is -0.222 e. The monoisotopic (exact) mass is 247 g/mol. The molecule has 0 saturated heterocycles. The van der Waals surface area contributed by atoms with E-state index in [2.05, 4.69) is 0 Å². The van der Waals surface area contributed by atoms with Crippen molar-refractivity contribution >= 4 is 8.25 Å². The molecule has 1 atom stereocenters. The molecule has 0 bridgehead atoms. The smallest absolute Gasteiger partial charge is 0.222 e. The molecule has 0 aliphatic heterocycles. The molecular weight excluding hydrogens is 235 g/mol. The second-order valence-electron chi connectivity index (χ2n) is 3.53. The molecule has 0 aliphatic carbocycles. The fraction of sp³-hybridized carbons (Fsp3) is 0.0769. The maximum atomic E-state index is 11.6. The quantitative estimate of drug-likeness (QED) is 0.762. The van der Waals surface area contributed by atoms with Crippen LogP contribution in [-0.4, -0.2) is 0 Å². The van der Waals surface area contributed by atoms with Gasteiger partial charge in [0, 0.05) is 4.57 Å². The summed E-state index contributed by atoms with van der Waals surface area (Å²) in [6.07, 6.45) is 0. The van der Waals surface area contributed by atoms with E-state index < -0.39 is 8.25 Å². The van der Waals surface area contributed by atoms with Gasteiger partial charge in [-0.15, -0.1) is 0 Å². The SMILES string of the molecule is Cc1ccc(O[P+](=O)Oc2ccccc2)cc1. The molecule has 0 aromatic heterocycles. The van der Waals surface area contributed by atoms with Gasteiger partial charge in [-0.05, 0) is 31.2 Å². The Morgan fingerprint density at radius 1 is 0.824 bits per heavy atom. The third kappa shape index (κ3) is 3.58. The average molecular weight is 247 g/mol. The first kappa shape index (κ1) is 11.6. The van der Waals surface area contributed by atoms with Gasteiger partial charge < -0.3 is 0 Å². The Labute approximate surface area is 101 Å². The van der Waals surface area contributed by atoms with E-state index in [1.807, 2.05) is 37.3 Å². The van der Waals surface area contributed by atoms with Gasteiger partial charge in [-0.3, -0.25) is 0 Å². The molecule has 0 radical (unpaired) electrons. The second kappa shape index (κ2) is 5.46. The lowest BCUT2D eigenvalue weighted by molar-refractivity contribution is 0.415. The van der Waals surface area contributed by atoms with Crippen molar-refractivity contribution in [1.29, 1.82) is 0 Å². The Bertz CT molecular complexity index is 494. The molecule has 86 valence electrons. The Morgan fingerprint density at radius 3 is 1.94 bits per heavy atom. The minimum absolute atomic E-state index is 0.528. The highest BCUT2D eigenvalue weighted by Crippen LogP contribution is 2.30. The average Bonchev–Trinajstić information content (AvgIpc) is 2.33. The topological polar surface area (TPSA) is 35.5 Å². The van der Waals surface area contributed by atoms with Gasteiger partial charge in [-0.1, -0.05) is 35.9 Å². The zero-order valence-corrected chi connectivity index (χ0v) is 10.3. The summed E-state index contributed by atoms with van der Waals surface area (Å²) in [6, 6.07) is 16.2. The van der Waals surface area contributed by atoms with E-state index in [0.717, 1.165) is 5.56 Å². The summed E-state index contributed by atoms with van der Waals surface area (Å²) >= 11 is 0. The normalized spacial score (nSPS) is 10.8. The van der Waals surface area contributed by atoms with E-state index in [4.69, 9.17) is 9.05 Å². The molecule has 17 heavy (non-hydrogen) atoms. The molecule has 2 aromatic rings. The van der Waals surface area contributed by atoms with Crippen LogP contribution in [0.5, 0.6) is 11.5 Å². The lowest BCUT2D eigenvalue weighted by Gasteiger charge is -1.94. The largest absolute Gasteiger partial charge is 0.805 e. The fourth-order valence-corrected chi connectivity index (χ4v) is 1.90. The lowest BCUT2D eigenvalue weighted by atomic mass is 10.2. The standard InChI is InChI=1S/C13H12O3P/c1-11-7-9-13(10-8-11)16-17(14)15-12-5-3-2-4-6-12/h2-10H,1H3/q+1. The fourth-order valence-electron chi connectivity index (χ4n) is 1.27. The molecule has 4 heteroatoms. The molecule has 0 spiro atoms. The Hall–Kier alpha value is -1.86. The van der Waals surface area contributed by atoms with E-state index in [9.17, 15) is 4.57 Å². The number of rotatable bonds is 4. The summed E-state index contributed by atoms with van der Waals surface area (Å²) < 4.78 is 21.9. The predicted octanol–water partition coefficient (Wildman–Crippen LogP) is 4.11. The van der Waals surface area contributed by atoms with Crippen LogP contribution in [0, 0.1) is 6.92 Å². The van der Waals surface area contributed by atoms with Crippen molar-refractivity contribution < 1.29 is 13.6 Å². The predicted molar refractivity (Wildman–Crippen MR) is 66.5 cm³/mol. The van der Waals surface area contributed by atoms with Gasteiger partial charge >= 0.3 is 8.25 Å². The third-order valence-corrected chi connectivity index (χ3v) is 2.84. The lowest BCUT2D eigenvalue weighted by Crippen LogP contribution is -1.88. The summed E-state index contributed by atoms with van der Waals surface area (Å²) in [5.74, 6) is 1.06. The Kier molecular flexibility index (Phi) is 3.73. The first-order valence-corrected chi connectivity index (χ1v) is 6.28. The molecule has 3 nitrogen and oxygen atoms in total. The van der Waals surface area contributed by atoms with Crippen LogP contribution in [0.25, 0.3) is 0 Å². The second-order valence-corrected chi connectivity index (χ2v) is 4.34. The highest BCUT2D eigenvalue weighted by molar-refractivity contribution is 7.34. The summed E-state index contributed by atoms with van der Waals surface area (Å²) in [7, 11) is -2.19. The van der Waals surface area contributed by atoms with Gasteiger partial charge in [0.05, 0.1) is 0 Å². The van der Waals surface area contributed by atoms with Crippen molar-refractivity contribution in [2.75, 3.05) is 0 Å². The molecule has 0 amide bonds. The van der Waals surface area contributed by atoms with Crippen LogP contribution in [0.15, 0.2) is 54.6 Å². The van der Waals surface area contributed by atoms with E-state index in [-0.39, 0.29) is 0 Å². The van der Waals surface area contributed by atoms with Crippen LogP contribution < -0.4 is 9.05 Å². The minimum atomic E-state index is -2.19. The van der Waals surface area contributed by atoms with Crippen LogP contribution in [0.2, 0.25) is 0 Å². The number of aryl methyl sites for hydroxylation is 1. The molecule has 0 heterocycles. The van der Waals surface area contributed by atoms with E-state index >= 15 is 0 Å². The number of hydrogen-bond donors (Lipinski definition) is 0. The maximum Gasteiger partial charge on any atom is 0.805 e. The zero-order chi connectivity index (χ0) is 12.1. The third-order valence-electron chi connectivity index (χ3n) is 2.12. The number of benzene rings is 2. The molecular formula is C13H12O3P+. The van der Waals surface area contributed by atoms with Gasteiger partial charge in [-0.2, -0.15) is 0 Å². The van der Waals surface area contributed by atoms with Crippen molar-refractivity contribution in [3.63, 3.8) is 0 Å². The van der Waals surface area contributed by atoms with Crippen LogP contribution in [0.4, 0.5) is 0 Å². The van der Waals surface area contributed by atoms with Crippen LogP contribution in [0.3, 0.4) is 0 Å². The highest BCUT2D eigenvalue weighted by Gasteiger charge is 2.23. The van der Waals surface area contributed by atoms with Crippen molar-refractivity contribution in [3.05, 3.63) is 60.2 Å². The summed E-state index contributed by atoms with van der Waals surface area (Å²) in [5, 5.41) is 0. The van der Waals surface area contributed by atoms with Gasteiger partial charge in [0.2, 0.25) is 0 Å². The van der Waals surface area contributed by atoms with Crippen molar-refractivity contribution in [2.24, 2.45) is 0 Å². The number of para-hydroxylation sites is 1. The zero-order valence-electron chi connectivity index (χ0n) is 9.37. The number of hydrogen-bond acceptors (Lipinski definition) is 3. The molecule has 2 aromatic carbocycles. The van der Waals surface area contributed by atoms with Crippen LogP contribution in [0.1, 0.15) is 5.56 Å².